The number of benzene rings is 1. The van der Waals surface area contributed by atoms with Crippen LogP contribution in [-0.2, 0) is 9.59 Å². The predicted molar refractivity (Wildman–Crippen MR) is 99.3 cm³/mol. The molecule has 2 aliphatic carbocycles. The minimum absolute atomic E-state index is 0.0173. The number of carbonyl (C=O) groups excluding carboxylic acids is 2. The van der Waals surface area contributed by atoms with Crippen molar-refractivity contribution >= 4 is 11.8 Å². The van der Waals surface area contributed by atoms with Crippen molar-refractivity contribution in [3.63, 3.8) is 0 Å². The fraction of sp³-hybridized carbons (Fsp3) is 0.619. The number of hydrogen-bond donors (Lipinski definition) is 2. The topological polar surface area (TPSA) is 58.2 Å². The Morgan fingerprint density at radius 1 is 1.00 bits per heavy atom. The average molecular weight is 342 g/mol. The lowest BCUT2D eigenvalue weighted by Gasteiger charge is -2.23. The third-order valence-corrected chi connectivity index (χ3v) is 5.52. The molecule has 2 N–H and O–H groups in total. The lowest BCUT2D eigenvalue weighted by Crippen LogP contribution is -2.42. The highest BCUT2D eigenvalue weighted by Crippen LogP contribution is 2.44. The quantitative estimate of drug-likeness (QED) is 0.797. The summed E-state index contributed by atoms with van der Waals surface area (Å²) in [5.74, 6) is 0.821. The first-order chi connectivity index (χ1) is 12.1. The molecule has 0 saturated heterocycles. The van der Waals surface area contributed by atoms with Gasteiger partial charge in [0.2, 0.25) is 11.8 Å². The number of rotatable bonds is 7. The maximum Gasteiger partial charge on any atom is 0.239 e. The summed E-state index contributed by atoms with van der Waals surface area (Å²) >= 11 is 0. The largest absolute Gasteiger partial charge is 0.352 e. The molecule has 1 aromatic carbocycles. The van der Waals surface area contributed by atoms with Crippen molar-refractivity contribution in [1.82, 2.24) is 10.6 Å². The Balaban J connectivity index is 1.45. The lowest BCUT2D eigenvalue weighted by molar-refractivity contribution is -0.126. The van der Waals surface area contributed by atoms with Gasteiger partial charge in [-0.3, -0.25) is 9.59 Å². The molecule has 1 atom stereocenters. The zero-order chi connectivity index (χ0) is 17.6. The van der Waals surface area contributed by atoms with Crippen LogP contribution in [0.2, 0.25) is 0 Å². The maximum atomic E-state index is 12.3. The second kappa shape index (κ2) is 8.50. The normalized spacial score (nSPS) is 19.2. The van der Waals surface area contributed by atoms with Crippen LogP contribution in [0, 0.1) is 12.8 Å². The molecule has 2 fully saturated rings. The summed E-state index contributed by atoms with van der Waals surface area (Å²) in [6.07, 6.45) is 8.67. The predicted octanol–water partition coefficient (Wildman–Crippen LogP) is 3.44. The smallest absolute Gasteiger partial charge is 0.239 e. The Bertz CT molecular complexity index is 586. The van der Waals surface area contributed by atoms with Crippen molar-refractivity contribution in [1.29, 1.82) is 0 Å². The van der Waals surface area contributed by atoms with Gasteiger partial charge in [-0.25, -0.2) is 0 Å². The molecule has 0 aliphatic heterocycles. The van der Waals surface area contributed by atoms with Gasteiger partial charge in [-0.1, -0.05) is 49.1 Å². The minimum Gasteiger partial charge on any atom is -0.352 e. The van der Waals surface area contributed by atoms with Crippen molar-refractivity contribution < 1.29 is 9.59 Å². The molecular formula is C21H30N2O2. The van der Waals surface area contributed by atoms with E-state index in [9.17, 15) is 9.59 Å². The van der Waals surface area contributed by atoms with E-state index in [0.29, 0.717) is 18.4 Å². The third kappa shape index (κ3) is 5.58. The zero-order valence-corrected chi connectivity index (χ0v) is 15.2. The molecule has 0 bridgehead atoms. The molecule has 4 nitrogen and oxygen atoms in total. The molecule has 2 saturated carbocycles. The van der Waals surface area contributed by atoms with Gasteiger partial charge in [0, 0.05) is 12.5 Å². The Hall–Kier alpha value is -1.84. The molecule has 0 heterocycles. The summed E-state index contributed by atoms with van der Waals surface area (Å²) in [7, 11) is 0. The summed E-state index contributed by atoms with van der Waals surface area (Å²) in [4.78, 5) is 24.4. The number of aryl methyl sites for hydroxylation is 1. The highest BCUT2D eigenvalue weighted by Gasteiger charge is 2.33. The van der Waals surface area contributed by atoms with Crippen LogP contribution in [0.4, 0.5) is 0 Å². The summed E-state index contributed by atoms with van der Waals surface area (Å²) in [5, 5.41) is 5.86. The van der Waals surface area contributed by atoms with Crippen molar-refractivity contribution in [2.45, 2.75) is 70.3 Å². The van der Waals surface area contributed by atoms with Crippen molar-refractivity contribution in [2.24, 2.45) is 5.92 Å². The van der Waals surface area contributed by atoms with Gasteiger partial charge in [0.1, 0.15) is 0 Å². The molecule has 2 amide bonds. The Labute approximate surface area is 150 Å². The van der Waals surface area contributed by atoms with Gasteiger partial charge in [-0.15, -0.1) is 0 Å². The molecular weight excluding hydrogens is 312 g/mol. The van der Waals surface area contributed by atoms with E-state index in [-0.39, 0.29) is 24.3 Å². The number of hydrogen-bond acceptors (Lipinski definition) is 2. The second-order valence-electron chi connectivity index (χ2n) is 7.74. The highest BCUT2D eigenvalue weighted by molar-refractivity contribution is 5.85. The van der Waals surface area contributed by atoms with E-state index in [4.69, 9.17) is 0 Å². The first kappa shape index (κ1) is 18.0. The fourth-order valence-electron chi connectivity index (χ4n) is 3.85. The van der Waals surface area contributed by atoms with E-state index >= 15 is 0 Å². The number of nitrogens with one attached hydrogen (secondary N) is 2. The first-order valence-corrected chi connectivity index (χ1v) is 9.74. The van der Waals surface area contributed by atoms with Crippen LogP contribution in [0.15, 0.2) is 24.3 Å². The average Bonchev–Trinajstić information content (AvgIpc) is 3.45. The SMILES string of the molecule is Cc1ccc(C(CC(=O)NCC(=O)NC2CCCCC2)C2CC2)cc1. The zero-order valence-electron chi connectivity index (χ0n) is 15.2. The van der Waals surface area contributed by atoms with E-state index in [1.165, 1.54) is 43.2 Å². The van der Waals surface area contributed by atoms with Gasteiger partial charge in [-0.2, -0.15) is 0 Å². The highest BCUT2D eigenvalue weighted by atomic mass is 16.2. The van der Waals surface area contributed by atoms with Gasteiger partial charge in [0.05, 0.1) is 6.54 Å². The van der Waals surface area contributed by atoms with Crippen LogP contribution in [0.1, 0.15) is 68.4 Å². The number of carbonyl (C=O) groups is 2. The van der Waals surface area contributed by atoms with Crippen LogP contribution < -0.4 is 10.6 Å². The second-order valence-corrected chi connectivity index (χ2v) is 7.74. The van der Waals surface area contributed by atoms with Crippen LogP contribution in [0.3, 0.4) is 0 Å². The summed E-state index contributed by atoms with van der Waals surface area (Å²) in [6.45, 7) is 2.17. The molecule has 1 unspecified atom stereocenters. The lowest BCUT2D eigenvalue weighted by atomic mass is 9.90. The molecule has 0 radical (unpaired) electrons. The molecule has 0 spiro atoms. The minimum atomic E-state index is -0.0569. The number of amides is 2. The van der Waals surface area contributed by atoms with Crippen LogP contribution in [0.25, 0.3) is 0 Å². The first-order valence-electron chi connectivity index (χ1n) is 9.74. The van der Waals surface area contributed by atoms with Gasteiger partial charge in [0.15, 0.2) is 0 Å². The van der Waals surface area contributed by atoms with Gasteiger partial charge in [0.25, 0.3) is 0 Å². The Morgan fingerprint density at radius 2 is 1.68 bits per heavy atom. The molecule has 4 heteroatoms. The molecule has 3 rings (SSSR count). The Morgan fingerprint density at radius 3 is 2.32 bits per heavy atom. The third-order valence-electron chi connectivity index (χ3n) is 5.52. The molecule has 25 heavy (non-hydrogen) atoms. The van der Waals surface area contributed by atoms with E-state index in [1.807, 2.05) is 0 Å². The van der Waals surface area contributed by atoms with E-state index in [2.05, 4.69) is 41.8 Å². The fourth-order valence-corrected chi connectivity index (χ4v) is 3.85. The summed E-state index contributed by atoms with van der Waals surface area (Å²) < 4.78 is 0. The van der Waals surface area contributed by atoms with E-state index < -0.39 is 0 Å². The van der Waals surface area contributed by atoms with E-state index in [1.54, 1.807) is 0 Å². The van der Waals surface area contributed by atoms with Crippen molar-refractivity contribution in [3.8, 4) is 0 Å². The summed E-state index contributed by atoms with van der Waals surface area (Å²) in [6, 6.07) is 8.80. The molecule has 0 aromatic heterocycles. The van der Waals surface area contributed by atoms with Gasteiger partial charge in [-0.05, 0) is 50.0 Å². The van der Waals surface area contributed by atoms with Crippen molar-refractivity contribution in [2.75, 3.05) is 6.54 Å². The van der Waals surface area contributed by atoms with Crippen LogP contribution >= 0.6 is 0 Å². The van der Waals surface area contributed by atoms with Gasteiger partial charge >= 0.3 is 0 Å². The maximum absolute atomic E-state index is 12.3. The molecule has 136 valence electrons. The molecule has 2 aliphatic rings. The monoisotopic (exact) mass is 342 g/mol. The van der Waals surface area contributed by atoms with Gasteiger partial charge < -0.3 is 10.6 Å². The van der Waals surface area contributed by atoms with Crippen LogP contribution in [-0.4, -0.2) is 24.4 Å². The molecule has 1 aromatic rings. The van der Waals surface area contributed by atoms with Crippen LogP contribution in [0.5, 0.6) is 0 Å². The summed E-state index contributed by atoms with van der Waals surface area (Å²) in [5.41, 5.74) is 2.48. The van der Waals surface area contributed by atoms with Crippen molar-refractivity contribution in [3.05, 3.63) is 35.4 Å². The standard InChI is InChI=1S/C21H30N2O2/c1-15-7-9-16(10-8-15)19(17-11-12-17)13-20(24)22-14-21(25)23-18-5-3-2-4-6-18/h7-10,17-19H,2-6,11-14H2,1H3,(H,22,24)(H,23,25). The van der Waals surface area contributed by atoms with E-state index in [0.717, 1.165) is 12.8 Å². The Kier molecular flexibility index (Phi) is 6.11.